The summed E-state index contributed by atoms with van der Waals surface area (Å²) in [5.74, 6) is -4.49. The molecule has 3 aliphatic heterocycles. The van der Waals surface area contributed by atoms with E-state index in [1.165, 1.54) is 30.9 Å². The number of hydrazine groups is 1. The molecule has 4 rings (SSSR count). The highest BCUT2D eigenvalue weighted by atomic mass is 16.5. The summed E-state index contributed by atoms with van der Waals surface area (Å²) in [6.07, 6.45) is 5.37. The van der Waals surface area contributed by atoms with Crippen molar-refractivity contribution in [2.45, 2.75) is 162 Å². The molecule has 2 saturated heterocycles. The number of methoxy groups -OCH3 is 2. The third-order valence-electron chi connectivity index (χ3n) is 15.4. The molecule has 4 N–H and O–H groups in total. The molecule has 0 bridgehead atoms. The first-order chi connectivity index (χ1) is 37.1. The van der Waals surface area contributed by atoms with Crippen LogP contribution in [0.2, 0.25) is 0 Å². The second-order valence-electron chi connectivity index (χ2n) is 21.7. The van der Waals surface area contributed by atoms with Crippen LogP contribution < -0.4 is 21.5 Å². The summed E-state index contributed by atoms with van der Waals surface area (Å²) in [7, 11) is 4.81. The summed E-state index contributed by atoms with van der Waals surface area (Å²) < 4.78 is 19.0. The Morgan fingerprint density at radius 3 is 2.01 bits per heavy atom. The number of unbranched alkanes of at least 4 members (excludes halogenated alkanes) is 2. The first-order valence-corrected chi connectivity index (χ1v) is 28.0. The molecule has 21 heteroatoms. The lowest BCUT2D eigenvalue weighted by molar-refractivity contribution is -0.505. The van der Waals surface area contributed by atoms with Gasteiger partial charge < -0.3 is 34.6 Å². The van der Waals surface area contributed by atoms with Crippen molar-refractivity contribution in [1.82, 2.24) is 41.1 Å². The molecule has 0 spiro atoms. The van der Waals surface area contributed by atoms with Gasteiger partial charge in [0.25, 0.3) is 11.8 Å². The molecule has 1 aromatic carbocycles. The smallest absolute Gasteiger partial charge is 0.378 e. The number of nitrogens with one attached hydrogen (secondary N) is 4. The average Bonchev–Trinajstić information content (AvgIpc) is 4.04. The third kappa shape index (κ3) is 18.6. The Bertz CT molecular complexity index is 2220. The molecule has 434 valence electrons. The van der Waals surface area contributed by atoms with E-state index in [-0.39, 0.29) is 84.9 Å². The Hall–Kier alpha value is -5.90. The van der Waals surface area contributed by atoms with Crippen molar-refractivity contribution in [3.05, 3.63) is 48.0 Å². The Balaban J connectivity index is 1.35. The van der Waals surface area contributed by atoms with Gasteiger partial charge in [0.05, 0.1) is 43.7 Å². The number of imide groups is 1. The quantitative estimate of drug-likeness (QED) is 0.0275. The number of nitrogens with zero attached hydrogens (tertiary/aromatic N) is 5. The van der Waals surface area contributed by atoms with Crippen LogP contribution in [0.15, 0.2) is 42.5 Å². The van der Waals surface area contributed by atoms with E-state index in [1.807, 2.05) is 76.8 Å². The minimum absolute atomic E-state index is 0.0730. The van der Waals surface area contributed by atoms with Crippen molar-refractivity contribution in [3.63, 3.8) is 0 Å². The number of morpholine rings is 1. The molecule has 9 amide bonds. The minimum atomic E-state index is -0.982. The van der Waals surface area contributed by atoms with Gasteiger partial charge in [-0.3, -0.25) is 59.0 Å². The zero-order chi connectivity index (χ0) is 57.6. The van der Waals surface area contributed by atoms with Gasteiger partial charge in [0, 0.05) is 77.7 Å². The molecule has 9 unspecified atom stereocenters. The van der Waals surface area contributed by atoms with Gasteiger partial charge in [-0.1, -0.05) is 85.2 Å². The number of rotatable bonds is 31. The maximum absolute atomic E-state index is 14.7. The lowest BCUT2D eigenvalue weighted by Gasteiger charge is -2.36. The molecular formula is C57H90N9O12+. The topological polar surface area (TPSA) is 245 Å². The van der Waals surface area contributed by atoms with Crippen molar-refractivity contribution in [1.29, 1.82) is 0 Å². The van der Waals surface area contributed by atoms with Crippen LogP contribution in [-0.2, 0) is 63.8 Å². The Labute approximate surface area is 461 Å². The van der Waals surface area contributed by atoms with Gasteiger partial charge in [-0.05, 0) is 69.5 Å². The third-order valence-corrected chi connectivity index (χ3v) is 15.4. The molecule has 0 aromatic heterocycles. The standard InChI is InChI=1S/C57H89N9O12/c1-12-39(6)52(44(76-10)36-49(71)65-30-19-23-43(65)53(77-11)40(7)54(72)58-42(35-41-21-15-13-16-22-41)56(74)64-31-33-78-34-32-64)63(9)57(75)50(37(2)3)59-55(73)51(38(4)5)62(8)28-20-25-46(68)61-60-45(67)24-17-14-18-29-66-47(69)26-27-48(66)70/h13,15-16,21-22,26-27,37-40,42-44,50-53H,9,12,14,17-20,23-25,28-36H2,1-8,10-11H3,(H3-,58,59,60,61,67,68,69,70,72,73)/p+1. The van der Waals surface area contributed by atoms with E-state index in [0.717, 1.165) is 10.5 Å². The maximum atomic E-state index is 14.7. The predicted octanol–water partition coefficient (Wildman–Crippen LogP) is 2.78. The van der Waals surface area contributed by atoms with Gasteiger partial charge in [0.15, 0.2) is 12.1 Å². The molecule has 9 atom stereocenters. The van der Waals surface area contributed by atoms with Gasteiger partial charge >= 0.3 is 5.91 Å². The molecule has 78 heavy (non-hydrogen) atoms. The molecule has 0 radical (unpaired) electrons. The first kappa shape index (κ1) is 64.6. The second kappa shape index (κ2) is 32.2. The van der Waals surface area contributed by atoms with Crippen molar-refractivity contribution in [2.75, 3.05) is 67.2 Å². The summed E-state index contributed by atoms with van der Waals surface area (Å²) >= 11 is 0. The maximum Gasteiger partial charge on any atom is 0.409 e. The number of amides is 9. The van der Waals surface area contributed by atoms with Gasteiger partial charge in [0.1, 0.15) is 18.9 Å². The van der Waals surface area contributed by atoms with Crippen molar-refractivity contribution < 1.29 is 61.9 Å². The Morgan fingerprint density at radius 1 is 0.808 bits per heavy atom. The van der Waals surface area contributed by atoms with Crippen LogP contribution >= 0.6 is 0 Å². The number of benzene rings is 1. The molecule has 0 aliphatic carbocycles. The first-order valence-electron chi connectivity index (χ1n) is 28.0. The van der Waals surface area contributed by atoms with Gasteiger partial charge in [-0.25, -0.2) is 4.79 Å². The number of carbonyl (C=O) groups is 9. The highest BCUT2D eigenvalue weighted by molar-refractivity contribution is 6.12. The van der Waals surface area contributed by atoms with E-state index in [2.05, 4.69) is 28.2 Å². The SMILES string of the molecule is C=[N+](C(=O)C(NC(=O)C(C(C)C)N(C)CCCC(=O)NNC(=O)CCCCCN1C(=O)C=CC1=O)C(C)C)C(C(C)CC)C(CC(=O)N1CCCC1C(OC)C(C)C(=O)NC(Cc1ccccc1)C(=O)N1CCOCC1)OC. The lowest BCUT2D eigenvalue weighted by atomic mass is 9.90. The zero-order valence-corrected chi connectivity index (χ0v) is 48.0. The van der Waals surface area contributed by atoms with Crippen LogP contribution in [0.4, 0.5) is 0 Å². The summed E-state index contributed by atoms with van der Waals surface area (Å²) in [6, 6.07) is 5.93. The molecule has 21 nitrogen and oxygen atoms in total. The monoisotopic (exact) mass is 1090 g/mol. The van der Waals surface area contributed by atoms with Gasteiger partial charge in [-0.15, -0.1) is 0 Å². The second-order valence-corrected chi connectivity index (χ2v) is 21.7. The molecule has 0 saturated carbocycles. The van der Waals surface area contributed by atoms with Crippen molar-refractivity contribution in [2.24, 2.45) is 23.7 Å². The van der Waals surface area contributed by atoms with Crippen molar-refractivity contribution >= 4 is 59.9 Å². The largest absolute Gasteiger partial charge is 0.409 e. The van der Waals surface area contributed by atoms with Crippen molar-refractivity contribution in [3.8, 4) is 0 Å². The van der Waals surface area contributed by atoms with Crippen LogP contribution in [0.1, 0.15) is 118 Å². The summed E-state index contributed by atoms with van der Waals surface area (Å²) in [5.41, 5.74) is 5.76. The molecule has 3 heterocycles. The summed E-state index contributed by atoms with van der Waals surface area (Å²) in [5, 5.41) is 6.05. The van der Waals surface area contributed by atoms with E-state index in [0.29, 0.717) is 90.8 Å². The van der Waals surface area contributed by atoms with E-state index in [9.17, 15) is 43.2 Å². The predicted molar refractivity (Wildman–Crippen MR) is 293 cm³/mol. The number of hydrogen-bond acceptors (Lipinski definition) is 13. The molecule has 2 fully saturated rings. The number of carbonyl (C=O) groups excluding carboxylic acids is 9. The van der Waals surface area contributed by atoms with E-state index >= 15 is 0 Å². The van der Waals surface area contributed by atoms with Crippen LogP contribution in [-0.4, -0.2) is 194 Å². The Kier molecular flexibility index (Phi) is 26.7. The van der Waals surface area contributed by atoms with E-state index in [4.69, 9.17) is 14.2 Å². The fourth-order valence-electron chi connectivity index (χ4n) is 10.8. The fourth-order valence-corrected chi connectivity index (χ4v) is 10.8. The average molecular weight is 1090 g/mol. The number of ether oxygens (including phenoxy) is 3. The van der Waals surface area contributed by atoms with Crippen LogP contribution in [0, 0.1) is 23.7 Å². The summed E-state index contributed by atoms with van der Waals surface area (Å²) in [4.78, 5) is 126. The van der Waals surface area contributed by atoms with E-state index < -0.39 is 60.1 Å². The summed E-state index contributed by atoms with van der Waals surface area (Å²) in [6.45, 7) is 20.2. The highest BCUT2D eigenvalue weighted by Gasteiger charge is 2.46. The van der Waals surface area contributed by atoms with Crippen LogP contribution in [0.3, 0.4) is 0 Å². The number of hydrogen-bond donors (Lipinski definition) is 4. The van der Waals surface area contributed by atoms with Gasteiger partial charge in [0.2, 0.25) is 35.4 Å². The normalized spacial score (nSPS) is 18.8. The van der Waals surface area contributed by atoms with Crippen LogP contribution in [0.25, 0.3) is 0 Å². The fraction of sp³-hybridized carbons (Fsp3) is 0.684. The molecular weight excluding hydrogens is 1000 g/mol. The number of likely N-dealkylation sites (N-methyl/N-ethyl adjacent to an activating group) is 1. The molecule has 1 aromatic rings. The lowest BCUT2D eigenvalue weighted by Crippen LogP contribution is -2.58. The van der Waals surface area contributed by atoms with Crippen LogP contribution in [0.5, 0.6) is 0 Å². The van der Waals surface area contributed by atoms with E-state index in [1.54, 1.807) is 23.8 Å². The molecule has 3 aliphatic rings. The Morgan fingerprint density at radius 2 is 1.44 bits per heavy atom. The minimum Gasteiger partial charge on any atom is -0.378 e. The highest BCUT2D eigenvalue weighted by Crippen LogP contribution is 2.30. The number of likely N-dealkylation sites (tertiary alicyclic amines) is 1. The zero-order valence-electron chi connectivity index (χ0n) is 48.0. The van der Waals surface area contributed by atoms with Gasteiger partial charge in [-0.2, -0.15) is 4.58 Å².